The summed E-state index contributed by atoms with van der Waals surface area (Å²) in [5, 5.41) is 7.17. The van der Waals surface area contributed by atoms with E-state index in [1.807, 2.05) is 0 Å². The van der Waals surface area contributed by atoms with Crippen molar-refractivity contribution in [1.29, 1.82) is 0 Å². The maximum Gasteiger partial charge on any atom is 0.145 e. The third-order valence-corrected chi connectivity index (χ3v) is 25.6. The highest BCUT2D eigenvalue weighted by atomic mass is 15.1. The van der Waals surface area contributed by atoms with Crippen LogP contribution in [0.1, 0.15) is 213 Å². The van der Waals surface area contributed by atoms with Crippen molar-refractivity contribution in [2.24, 2.45) is 0 Å². The van der Waals surface area contributed by atoms with Crippen LogP contribution >= 0.6 is 0 Å². The van der Waals surface area contributed by atoms with Gasteiger partial charge >= 0.3 is 0 Å². The molecule has 0 aliphatic heterocycles. The molecule has 0 amide bonds. The van der Waals surface area contributed by atoms with Crippen LogP contribution in [0.25, 0.3) is 99.1 Å². The predicted molar refractivity (Wildman–Crippen MR) is 480 cm³/mol. The van der Waals surface area contributed by atoms with Gasteiger partial charge < -0.3 is 4.90 Å². The molecule has 0 radical (unpaired) electrons. The van der Waals surface area contributed by atoms with Crippen molar-refractivity contribution in [3.63, 3.8) is 0 Å². The van der Waals surface area contributed by atoms with Gasteiger partial charge in [0.05, 0.1) is 0 Å². The number of anilines is 3. The normalized spacial score (nSPS) is 13.6. The molecule has 0 saturated heterocycles. The van der Waals surface area contributed by atoms with Crippen molar-refractivity contribution in [2.75, 3.05) is 4.90 Å². The summed E-state index contributed by atoms with van der Waals surface area (Å²) < 4.78 is 0. The van der Waals surface area contributed by atoms with Gasteiger partial charge in [0.15, 0.2) is 0 Å². The van der Waals surface area contributed by atoms with Crippen molar-refractivity contribution in [2.45, 2.75) is 193 Å². The second kappa shape index (κ2) is 31.8. The molecular formula is C112H97N. The van der Waals surface area contributed by atoms with E-state index in [1.165, 1.54) is 129 Å². The zero-order chi connectivity index (χ0) is 77.9. The van der Waals surface area contributed by atoms with Gasteiger partial charge in [-0.2, -0.15) is 0 Å². The largest absolute Gasteiger partial charge is 0.310 e. The Hall–Kier alpha value is -12.3. The van der Waals surface area contributed by atoms with Crippen LogP contribution in [-0.2, 0) is 21.7 Å². The number of hydrogen-bond donors (Lipinski definition) is 0. The monoisotopic (exact) mass is 1460 g/mol. The molecule has 0 N–H and O–H groups in total. The number of nitrogens with zero attached hydrogens (tertiary/aromatic N) is 1. The molecular weight excluding hydrogens is 1360 g/mol. The summed E-state index contributed by atoms with van der Waals surface area (Å²) >= 11 is 0. The second-order valence-corrected chi connectivity index (χ2v) is 32.1. The molecule has 12 aromatic carbocycles. The van der Waals surface area contributed by atoms with E-state index in [2.05, 4.69) is 355 Å². The number of unbranched alkanes of at least 4 members (excludes halogenated alkanes) is 6. The van der Waals surface area contributed by atoms with Gasteiger partial charge in [-0.3, -0.25) is 0 Å². The van der Waals surface area contributed by atoms with Crippen LogP contribution in [-0.4, -0.2) is 0 Å². The van der Waals surface area contributed by atoms with Crippen LogP contribution in [0.3, 0.4) is 0 Å². The first-order valence-electron chi connectivity index (χ1n) is 41.7. The fraction of sp³-hybridized carbons (Fsp3) is 0.268. The van der Waals surface area contributed by atoms with Gasteiger partial charge in [-0.15, -0.1) is 12.8 Å². The van der Waals surface area contributed by atoms with Crippen molar-refractivity contribution in [1.82, 2.24) is 0 Å². The number of hydrogen-bond acceptors (Lipinski definition) is 1. The van der Waals surface area contributed by atoms with E-state index < -0.39 is 5.41 Å². The Bertz CT molecular complexity index is 6130. The highest BCUT2D eigenvalue weighted by Gasteiger charge is 2.47. The van der Waals surface area contributed by atoms with E-state index in [1.54, 1.807) is 0 Å². The summed E-state index contributed by atoms with van der Waals surface area (Å²) in [6.07, 6.45) is 31.6. The summed E-state index contributed by atoms with van der Waals surface area (Å²) in [6, 6.07) is 82.9. The molecule has 12 aromatic rings. The molecule has 0 saturated carbocycles. The molecule has 0 spiro atoms. The number of aryl methyl sites for hydroxylation is 2. The first-order chi connectivity index (χ1) is 55.5. The minimum absolute atomic E-state index is 0.0392. The van der Waals surface area contributed by atoms with Crippen molar-refractivity contribution < 1.29 is 0 Å². The van der Waals surface area contributed by atoms with E-state index in [0.29, 0.717) is 0 Å². The summed E-state index contributed by atoms with van der Waals surface area (Å²) in [4.78, 5) is 2.55. The highest BCUT2D eigenvalue weighted by Crippen LogP contribution is 2.61. The Morgan fingerprint density at radius 1 is 0.257 bits per heavy atom. The van der Waals surface area contributed by atoms with Gasteiger partial charge in [0, 0.05) is 33.3 Å². The molecule has 0 heterocycles. The van der Waals surface area contributed by atoms with Gasteiger partial charge in [0.1, 0.15) is 5.41 Å². The molecule has 1 nitrogen and oxygen atoms in total. The first-order valence-corrected chi connectivity index (χ1v) is 41.7. The standard InChI is InChI=1S/C112H97N/c1-11-19-27-29-31-39-67-112(68-40-32-30-28-20-12-2)105-72-81(98-77-100-87-43-35-33-41-85(87)97(76-99(100)88-44-36-34-42-86(88)98)80-49-56-92-89-45-37-38-46-101(89)109(61-21-13-3,62-22-14-4)104(92)71-80)50-57-93(105)96-60-53-84(75-108(96)112)113(82-51-58-94-90-54-47-78(9)69-102(90)110(63-23-15-5,64-24-16-6)106(94)73-82)83-52-59-95-91-55-48-79(10)70-103(91)111(65-25-17-7,66-26-18-8)107(95)74-83/h1-2,33-38,41-60,69-77H,13-18,21-26,61-66H2,3-10H3. The lowest BCUT2D eigenvalue weighted by Gasteiger charge is -2.35. The van der Waals surface area contributed by atoms with Gasteiger partial charge in [-0.05, 0) is 328 Å². The third-order valence-electron chi connectivity index (χ3n) is 25.6. The smallest absolute Gasteiger partial charge is 0.145 e. The lowest BCUT2D eigenvalue weighted by molar-refractivity contribution is 0.414. The van der Waals surface area contributed by atoms with Crippen LogP contribution in [0.4, 0.5) is 17.1 Å². The van der Waals surface area contributed by atoms with Crippen LogP contribution in [0.15, 0.2) is 212 Å². The zero-order valence-electron chi connectivity index (χ0n) is 67.0. The van der Waals surface area contributed by atoms with E-state index in [4.69, 9.17) is 12.8 Å². The van der Waals surface area contributed by atoms with Crippen LogP contribution in [0.2, 0.25) is 0 Å². The average Bonchev–Trinajstić information content (AvgIpc) is 1.60. The second-order valence-electron chi connectivity index (χ2n) is 32.1. The minimum atomic E-state index is -1.30. The summed E-state index contributed by atoms with van der Waals surface area (Å²) in [5.41, 5.74) is 29.6. The lowest BCUT2D eigenvalue weighted by Crippen LogP contribution is -2.26. The van der Waals surface area contributed by atoms with Crippen LogP contribution < -0.4 is 4.90 Å². The van der Waals surface area contributed by atoms with E-state index in [-0.39, 0.29) is 16.2 Å². The van der Waals surface area contributed by atoms with Gasteiger partial charge in [-0.1, -0.05) is 293 Å². The third kappa shape index (κ3) is 12.9. The van der Waals surface area contributed by atoms with Gasteiger partial charge in [-0.25, -0.2) is 0 Å². The van der Waals surface area contributed by atoms with E-state index in [0.717, 1.165) is 159 Å². The molecule has 4 aliphatic rings. The number of fused-ring (bicyclic) bond motifs is 17. The Morgan fingerprint density at radius 2 is 0.558 bits per heavy atom. The molecule has 113 heavy (non-hydrogen) atoms. The summed E-state index contributed by atoms with van der Waals surface area (Å²) in [5.74, 6) is 42.2. The molecule has 0 aromatic heterocycles. The molecule has 0 atom stereocenters. The van der Waals surface area contributed by atoms with Crippen LogP contribution in [0, 0.1) is 110 Å². The lowest BCUT2D eigenvalue weighted by atomic mass is 9.70. The maximum absolute atomic E-state index is 5.66. The van der Waals surface area contributed by atoms with Crippen molar-refractivity contribution in [3.8, 4) is 162 Å². The molecule has 1 heteroatoms. The molecule has 16 rings (SSSR count). The topological polar surface area (TPSA) is 3.24 Å². The molecule has 550 valence electrons. The Labute approximate surface area is 672 Å². The summed E-state index contributed by atoms with van der Waals surface area (Å²) in [6.45, 7) is 18.6. The number of terminal acetylenes is 2. The fourth-order valence-electron chi connectivity index (χ4n) is 20.3. The SMILES string of the molecule is C#CC#CC#CC#CC1(C#CC#CC#CC#C)c2cc(-c3cc4c5ccccc5c(-c5ccc6c(c5)C(CCCC)(CCCC)c5ccccc5-6)cc4c4ccccc34)ccc2-c2ccc(N(c3ccc4c(c3)C(CCCC)(CCCC)c3cc(C)ccc3-4)c3ccc4c(c3)C(CCCC)(CCCC)c3cc(C)ccc3-4)cc21. The molecule has 4 aliphatic carbocycles. The fourth-order valence-corrected chi connectivity index (χ4v) is 20.3. The maximum atomic E-state index is 5.66. The minimum Gasteiger partial charge on any atom is -0.310 e. The number of benzene rings is 12. The molecule has 0 unspecified atom stereocenters. The molecule has 0 bridgehead atoms. The van der Waals surface area contributed by atoms with Gasteiger partial charge in [0.2, 0.25) is 0 Å². The zero-order valence-corrected chi connectivity index (χ0v) is 67.0. The quantitative estimate of drug-likeness (QED) is 0.0456. The average molecular weight is 1460 g/mol. The highest BCUT2D eigenvalue weighted by molar-refractivity contribution is 6.24. The summed E-state index contributed by atoms with van der Waals surface area (Å²) in [7, 11) is 0. The Balaban J connectivity index is 0.919. The number of rotatable bonds is 23. The van der Waals surface area contributed by atoms with E-state index >= 15 is 0 Å². The van der Waals surface area contributed by atoms with Crippen molar-refractivity contribution >= 4 is 49.4 Å². The van der Waals surface area contributed by atoms with Crippen LogP contribution in [0.5, 0.6) is 0 Å². The van der Waals surface area contributed by atoms with Crippen molar-refractivity contribution in [3.05, 3.63) is 268 Å². The Kier molecular flexibility index (Phi) is 21.1. The van der Waals surface area contributed by atoms with E-state index in [9.17, 15) is 0 Å². The van der Waals surface area contributed by atoms with Gasteiger partial charge in [0.25, 0.3) is 0 Å². The predicted octanol–water partition coefficient (Wildman–Crippen LogP) is 28.1. The molecule has 0 fully saturated rings. The first kappa shape index (κ1) is 74.8. The Morgan fingerprint density at radius 3 is 0.973 bits per heavy atom.